The third-order valence-electron chi connectivity index (χ3n) is 2.81. The van der Waals surface area contributed by atoms with Crippen molar-refractivity contribution >= 4 is 12.0 Å². The van der Waals surface area contributed by atoms with Gasteiger partial charge in [0.2, 0.25) is 0 Å². The molecule has 1 aromatic heterocycles. The standard InChI is InChI=1S/C12H20N4O3/c1-3-5-12(2,10(17)18)16-11(19)15-6-4-9-13-7-8-14-9/h7-8H,3-6H2,1-2H3,(H,13,14)(H,17,18)(H2,15,16,19). The summed E-state index contributed by atoms with van der Waals surface area (Å²) in [5, 5.41) is 14.2. The number of nitrogens with one attached hydrogen (secondary N) is 3. The molecule has 2 amide bonds. The van der Waals surface area contributed by atoms with Crippen LogP contribution in [0.5, 0.6) is 0 Å². The molecule has 1 atom stereocenters. The number of carbonyl (C=O) groups is 2. The number of aromatic nitrogens is 2. The topological polar surface area (TPSA) is 107 Å². The summed E-state index contributed by atoms with van der Waals surface area (Å²) in [5.74, 6) is -0.259. The van der Waals surface area contributed by atoms with Crippen LogP contribution >= 0.6 is 0 Å². The summed E-state index contributed by atoms with van der Waals surface area (Å²) in [7, 11) is 0. The number of carboxylic acid groups (broad SMARTS) is 1. The molecule has 0 bridgehead atoms. The number of carboxylic acids is 1. The van der Waals surface area contributed by atoms with E-state index in [9.17, 15) is 9.59 Å². The number of imidazole rings is 1. The highest BCUT2D eigenvalue weighted by Gasteiger charge is 2.33. The average Bonchev–Trinajstić information content (AvgIpc) is 2.82. The van der Waals surface area contributed by atoms with E-state index in [-0.39, 0.29) is 0 Å². The number of carbonyl (C=O) groups excluding carboxylic acids is 1. The maximum Gasteiger partial charge on any atom is 0.329 e. The minimum absolute atomic E-state index is 0.383. The van der Waals surface area contributed by atoms with Crippen LogP contribution < -0.4 is 10.6 Å². The lowest BCUT2D eigenvalue weighted by Crippen LogP contribution is -2.55. The second kappa shape index (κ2) is 6.77. The third-order valence-corrected chi connectivity index (χ3v) is 2.81. The number of aromatic amines is 1. The van der Waals surface area contributed by atoms with Crippen LogP contribution in [0.4, 0.5) is 4.79 Å². The molecule has 0 aliphatic heterocycles. The van der Waals surface area contributed by atoms with Crippen molar-refractivity contribution in [1.82, 2.24) is 20.6 Å². The van der Waals surface area contributed by atoms with Gasteiger partial charge in [0.1, 0.15) is 11.4 Å². The normalized spacial score (nSPS) is 13.6. The first-order valence-electron chi connectivity index (χ1n) is 6.25. The maximum absolute atomic E-state index is 11.7. The molecule has 7 nitrogen and oxygen atoms in total. The van der Waals surface area contributed by atoms with Gasteiger partial charge >= 0.3 is 12.0 Å². The van der Waals surface area contributed by atoms with Crippen molar-refractivity contribution in [3.63, 3.8) is 0 Å². The van der Waals surface area contributed by atoms with Gasteiger partial charge in [-0.1, -0.05) is 13.3 Å². The fraction of sp³-hybridized carbons (Fsp3) is 0.583. The molecule has 1 unspecified atom stereocenters. The van der Waals surface area contributed by atoms with Crippen LogP contribution in [0.3, 0.4) is 0 Å². The van der Waals surface area contributed by atoms with E-state index in [2.05, 4.69) is 20.6 Å². The van der Waals surface area contributed by atoms with Crippen molar-refractivity contribution in [3.05, 3.63) is 18.2 Å². The Bertz CT molecular complexity index is 419. The second-order valence-corrected chi connectivity index (χ2v) is 4.55. The molecule has 19 heavy (non-hydrogen) atoms. The van der Waals surface area contributed by atoms with Crippen LogP contribution in [0.2, 0.25) is 0 Å². The first-order chi connectivity index (χ1) is 8.98. The van der Waals surface area contributed by atoms with E-state index in [1.807, 2.05) is 6.92 Å². The number of amides is 2. The van der Waals surface area contributed by atoms with Gasteiger partial charge in [-0.3, -0.25) is 0 Å². The molecule has 0 fully saturated rings. The maximum atomic E-state index is 11.7. The smallest absolute Gasteiger partial charge is 0.329 e. The SMILES string of the molecule is CCCC(C)(NC(=O)NCCc1ncc[nH]1)C(=O)O. The number of hydrogen-bond acceptors (Lipinski definition) is 3. The van der Waals surface area contributed by atoms with E-state index in [4.69, 9.17) is 5.11 Å². The first kappa shape index (κ1) is 15.0. The fourth-order valence-corrected chi connectivity index (χ4v) is 1.75. The van der Waals surface area contributed by atoms with Gasteiger partial charge in [0.15, 0.2) is 0 Å². The van der Waals surface area contributed by atoms with Gasteiger partial charge < -0.3 is 20.7 Å². The molecule has 1 rings (SSSR count). The van der Waals surface area contributed by atoms with E-state index in [0.29, 0.717) is 25.8 Å². The van der Waals surface area contributed by atoms with Gasteiger partial charge in [-0.25, -0.2) is 14.6 Å². The van der Waals surface area contributed by atoms with Crippen molar-refractivity contribution in [2.75, 3.05) is 6.54 Å². The Labute approximate surface area is 111 Å². The Kier molecular flexibility index (Phi) is 5.35. The molecule has 0 spiro atoms. The molecular weight excluding hydrogens is 248 g/mol. The number of H-pyrrole nitrogens is 1. The highest BCUT2D eigenvalue weighted by atomic mass is 16.4. The van der Waals surface area contributed by atoms with E-state index in [1.54, 1.807) is 12.4 Å². The monoisotopic (exact) mass is 268 g/mol. The van der Waals surface area contributed by atoms with Gasteiger partial charge in [0, 0.05) is 25.4 Å². The van der Waals surface area contributed by atoms with Crippen LogP contribution in [0.1, 0.15) is 32.5 Å². The van der Waals surface area contributed by atoms with Crippen molar-refractivity contribution in [3.8, 4) is 0 Å². The van der Waals surface area contributed by atoms with Gasteiger partial charge in [0.05, 0.1) is 0 Å². The average molecular weight is 268 g/mol. The van der Waals surface area contributed by atoms with Crippen molar-refractivity contribution < 1.29 is 14.7 Å². The molecular formula is C12H20N4O3. The van der Waals surface area contributed by atoms with Crippen LogP contribution in [0.15, 0.2) is 12.4 Å². The van der Waals surface area contributed by atoms with Crippen LogP contribution in [0, 0.1) is 0 Å². The zero-order chi connectivity index (χ0) is 14.3. The highest BCUT2D eigenvalue weighted by Crippen LogP contribution is 2.12. The number of rotatable bonds is 7. The van der Waals surface area contributed by atoms with Crippen LogP contribution in [-0.4, -0.2) is 39.2 Å². The van der Waals surface area contributed by atoms with E-state index < -0.39 is 17.5 Å². The van der Waals surface area contributed by atoms with E-state index >= 15 is 0 Å². The first-order valence-corrected chi connectivity index (χ1v) is 6.25. The predicted molar refractivity (Wildman–Crippen MR) is 69.8 cm³/mol. The Balaban J connectivity index is 2.38. The molecule has 0 aliphatic carbocycles. The number of hydrogen-bond donors (Lipinski definition) is 4. The lowest BCUT2D eigenvalue weighted by atomic mass is 9.97. The van der Waals surface area contributed by atoms with Gasteiger partial charge in [0.25, 0.3) is 0 Å². The Morgan fingerprint density at radius 1 is 1.53 bits per heavy atom. The van der Waals surface area contributed by atoms with Crippen LogP contribution in [0.25, 0.3) is 0 Å². The second-order valence-electron chi connectivity index (χ2n) is 4.55. The van der Waals surface area contributed by atoms with Crippen molar-refractivity contribution in [1.29, 1.82) is 0 Å². The number of urea groups is 1. The molecule has 106 valence electrons. The summed E-state index contributed by atoms with van der Waals surface area (Å²) in [6.07, 6.45) is 4.97. The summed E-state index contributed by atoms with van der Waals surface area (Å²) in [6.45, 7) is 3.77. The van der Waals surface area contributed by atoms with Gasteiger partial charge in [-0.05, 0) is 13.3 Å². The highest BCUT2D eigenvalue weighted by molar-refractivity contribution is 5.85. The van der Waals surface area contributed by atoms with E-state index in [0.717, 1.165) is 5.82 Å². The summed E-state index contributed by atoms with van der Waals surface area (Å²) < 4.78 is 0. The van der Waals surface area contributed by atoms with Crippen molar-refractivity contribution in [2.24, 2.45) is 0 Å². The zero-order valence-electron chi connectivity index (χ0n) is 11.2. The van der Waals surface area contributed by atoms with Gasteiger partial charge in [-0.15, -0.1) is 0 Å². The molecule has 0 radical (unpaired) electrons. The molecule has 4 N–H and O–H groups in total. The molecule has 0 saturated carbocycles. The Hall–Kier alpha value is -2.05. The summed E-state index contributed by atoms with van der Waals surface area (Å²) in [6, 6.07) is -0.482. The molecule has 1 heterocycles. The minimum Gasteiger partial charge on any atom is -0.480 e. The molecule has 0 saturated heterocycles. The molecule has 7 heteroatoms. The number of nitrogens with zero attached hydrogens (tertiary/aromatic N) is 1. The van der Waals surface area contributed by atoms with Crippen LogP contribution in [-0.2, 0) is 11.2 Å². The number of aliphatic carboxylic acids is 1. The lowest BCUT2D eigenvalue weighted by Gasteiger charge is -2.25. The summed E-state index contributed by atoms with van der Waals surface area (Å²) >= 11 is 0. The lowest BCUT2D eigenvalue weighted by molar-refractivity contribution is -0.144. The van der Waals surface area contributed by atoms with Crippen molar-refractivity contribution in [2.45, 2.75) is 38.6 Å². The molecule has 0 aliphatic rings. The fourth-order valence-electron chi connectivity index (χ4n) is 1.75. The molecule has 0 aromatic carbocycles. The predicted octanol–water partition coefficient (Wildman–Crippen LogP) is 0.895. The molecule has 1 aromatic rings. The third kappa shape index (κ3) is 4.61. The van der Waals surface area contributed by atoms with Gasteiger partial charge in [-0.2, -0.15) is 0 Å². The Morgan fingerprint density at radius 2 is 2.26 bits per heavy atom. The summed E-state index contributed by atoms with van der Waals surface area (Å²) in [4.78, 5) is 29.7. The largest absolute Gasteiger partial charge is 0.480 e. The van der Waals surface area contributed by atoms with E-state index in [1.165, 1.54) is 6.92 Å². The summed E-state index contributed by atoms with van der Waals surface area (Å²) in [5.41, 5.74) is -1.23. The Morgan fingerprint density at radius 3 is 2.79 bits per heavy atom. The quantitative estimate of drug-likeness (QED) is 0.589. The minimum atomic E-state index is -1.23. The zero-order valence-corrected chi connectivity index (χ0v) is 11.2.